The number of nitrogen functional groups attached to an aromatic ring is 1. The Kier molecular flexibility index (Phi) is 3.71. The monoisotopic (exact) mass is 303 g/mol. The highest BCUT2D eigenvalue weighted by Gasteiger charge is 2.24. The van der Waals surface area contributed by atoms with Gasteiger partial charge in [-0.1, -0.05) is 17.4 Å². The molecule has 18 heavy (non-hydrogen) atoms. The number of anilines is 1. The van der Waals surface area contributed by atoms with Crippen LogP contribution >= 0.6 is 22.7 Å². The van der Waals surface area contributed by atoms with Gasteiger partial charge in [-0.15, -0.1) is 11.3 Å². The van der Waals surface area contributed by atoms with Crippen molar-refractivity contribution in [2.24, 2.45) is 0 Å². The number of thiophene rings is 1. The maximum absolute atomic E-state index is 12.2. The average Bonchev–Trinajstić information content (AvgIpc) is 2.86. The van der Waals surface area contributed by atoms with E-state index in [2.05, 4.69) is 9.71 Å². The molecule has 3 N–H and O–H groups in total. The lowest BCUT2D eigenvalue weighted by atomic mass is 10.3. The van der Waals surface area contributed by atoms with E-state index in [1.165, 1.54) is 11.3 Å². The van der Waals surface area contributed by atoms with Crippen molar-refractivity contribution >= 4 is 37.8 Å². The molecule has 0 aliphatic carbocycles. The number of aromatic nitrogens is 1. The molecule has 0 aliphatic heterocycles. The molecular formula is C10H13N3O2S3. The van der Waals surface area contributed by atoms with E-state index >= 15 is 0 Å². The van der Waals surface area contributed by atoms with Gasteiger partial charge in [0.2, 0.25) is 0 Å². The van der Waals surface area contributed by atoms with Crippen LogP contribution in [0.1, 0.15) is 23.5 Å². The van der Waals surface area contributed by atoms with E-state index in [0.717, 1.165) is 16.2 Å². The molecule has 0 aliphatic rings. The molecular weight excluding hydrogens is 290 g/mol. The Hall–Kier alpha value is -0.960. The molecule has 2 aromatic heterocycles. The lowest BCUT2D eigenvalue weighted by molar-refractivity contribution is 0.570. The minimum absolute atomic E-state index is 0.184. The first-order valence-corrected chi connectivity index (χ1v) is 8.36. The van der Waals surface area contributed by atoms with Crippen LogP contribution < -0.4 is 10.5 Å². The van der Waals surface area contributed by atoms with Crippen molar-refractivity contribution in [3.63, 3.8) is 0 Å². The van der Waals surface area contributed by atoms with Crippen molar-refractivity contribution < 1.29 is 8.42 Å². The number of nitrogens with zero attached hydrogens (tertiary/aromatic N) is 1. The Balaban J connectivity index is 2.25. The molecule has 2 aromatic rings. The molecule has 2 rings (SSSR count). The van der Waals surface area contributed by atoms with Crippen LogP contribution in [0, 0.1) is 6.92 Å². The summed E-state index contributed by atoms with van der Waals surface area (Å²) in [5, 5.41) is 2.17. The van der Waals surface area contributed by atoms with Crippen LogP contribution in [0.4, 0.5) is 5.13 Å². The molecule has 0 fully saturated rings. The van der Waals surface area contributed by atoms with Crippen molar-refractivity contribution in [2.75, 3.05) is 5.73 Å². The lowest BCUT2D eigenvalue weighted by Crippen LogP contribution is -2.26. The number of thiazole rings is 1. The lowest BCUT2D eigenvalue weighted by Gasteiger charge is -2.11. The van der Waals surface area contributed by atoms with Gasteiger partial charge >= 0.3 is 0 Å². The third-order valence-corrected chi connectivity index (χ3v) is 6.51. The summed E-state index contributed by atoms with van der Waals surface area (Å²) in [4.78, 5) is 4.89. The molecule has 2 heterocycles. The summed E-state index contributed by atoms with van der Waals surface area (Å²) < 4.78 is 27.2. The largest absolute Gasteiger partial charge is 0.375 e. The van der Waals surface area contributed by atoms with Crippen molar-refractivity contribution in [1.29, 1.82) is 0 Å². The maximum Gasteiger partial charge on any atom is 0.252 e. The van der Waals surface area contributed by atoms with Crippen LogP contribution in [-0.4, -0.2) is 13.4 Å². The van der Waals surface area contributed by atoms with Crippen molar-refractivity contribution in [2.45, 2.75) is 24.1 Å². The molecule has 8 heteroatoms. The molecule has 0 spiro atoms. The smallest absolute Gasteiger partial charge is 0.252 e. The SMILES string of the molecule is Cc1nc(N)sc1S(=O)(=O)NC(C)c1cccs1. The van der Waals surface area contributed by atoms with Gasteiger partial charge in [0.25, 0.3) is 10.0 Å². The average molecular weight is 303 g/mol. The zero-order chi connectivity index (χ0) is 13.3. The van der Waals surface area contributed by atoms with Gasteiger partial charge in [0, 0.05) is 4.88 Å². The summed E-state index contributed by atoms with van der Waals surface area (Å²) in [5.74, 6) is 0. The third kappa shape index (κ3) is 2.72. The summed E-state index contributed by atoms with van der Waals surface area (Å²) in [7, 11) is -3.56. The molecule has 98 valence electrons. The first kappa shape index (κ1) is 13.5. The van der Waals surface area contributed by atoms with Gasteiger partial charge in [-0.2, -0.15) is 0 Å². The number of nitrogens with two attached hydrogens (primary N) is 1. The van der Waals surface area contributed by atoms with E-state index in [-0.39, 0.29) is 15.4 Å². The molecule has 1 atom stereocenters. The van der Waals surface area contributed by atoms with Crippen LogP contribution in [0.2, 0.25) is 0 Å². The second-order valence-corrected chi connectivity index (χ2v) is 7.70. The first-order chi connectivity index (χ1) is 8.40. The van der Waals surface area contributed by atoms with Gasteiger partial charge in [0.05, 0.1) is 11.7 Å². The molecule has 0 aromatic carbocycles. The van der Waals surface area contributed by atoms with Gasteiger partial charge in [-0.05, 0) is 25.3 Å². The van der Waals surface area contributed by atoms with E-state index in [4.69, 9.17) is 5.73 Å². The molecule has 0 saturated carbocycles. The highest BCUT2D eigenvalue weighted by Crippen LogP contribution is 2.27. The predicted molar refractivity (Wildman–Crippen MR) is 74.3 cm³/mol. The van der Waals surface area contributed by atoms with Crippen LogP contribution in [0.3, 0.4) is 0 Å². The summed E-state index contributed by atoms with van der Waals surface area (Å²) in [6.07, 6.45) is 0. The molecule has 0 bridgehead atoms. The van der Waals surface area contributed by atoms with Crippen molar-refractivity contribution in [1.82, 2.24) is 9.71 Å². The predicted octanol–water partition coefficient (Wildman–Crippen LogP) is 2.13. The topological polar surface area (TPSA) is 85.1 Å². The second kappa shape index (κ2) is 4.96. The van der Waals surface area contributed by atoms with Gasteiger partial charge in [0.15, 0.2) is 9.34 Å². The zero-order valence-electron chi connectivity index (χ0n) is 9.88. The van der Waals surface area contributed by atoms with Crippen molar-refractivity contribution in [3.8, 4) is 0 Å². The van der Waals surface area contributed by atoms with Gasteiger partial charge in [-0.25, -0.2) is 18.1 Å². The van der Waals surface area contributed by atoms with Crippen LogP contribution in [0.15, 0.2) is 21.7 Å². The quantitative estimate of drug-likeness (QED) is 0.906. The Morgan fingerprint density at radius 1 is 1.50 bits per heavy atom. The maximum atomic E-state index is 12.2. The van der Waals surface area contributed by atoms with E-state index in [1.807, 2.05) is 24.4 Å². The standard InChI is InChI=1S/C10H13N3O2S3/c1-6(8-4-3-5-16-8)13-18(14,15)9-7(2)12-10(11)17-9/h3-6,13H,1-2H3,(H2,11,12). The Bertz CT molecular complexity index is 631. The van der Waals surface area contributed by atoms with Gasteiger partial charge in [0.1, 0.15) is 0 Å². The summed E-state index contributed by atoms with van der Waals surface area (Å²) in [6, 6.07) is 3.52. The number of rotatable bonds is 4. The van der Waals surface area contributed by atoms with E-state index in [1.54, 1.807) is 6.92 Å². The number of hydrogen-bond acceptors (Lipinski definition) is 6. The van der Waals surface area contributed by atoms with Crippen LogP contribution in [0.5, 0.6) is 0 Å². The molecule has 0 amide bonds. The number of hydrogen-bond donors (Lipinski definition) is 2. The fraction of sp³-hybridized carbons (Fsp3) is 0.300. The minimum atomic E-state index is -3.56. The summed E-state index contributed by atoms with van der Waals surface area (Å²) in [5.41, 5.74) is 5.95. The molecule has 1 unspecified atom stereocenters. The van der Waals surface area contributed by atoms with Crippen LogP contribution in [0.25, 0.3) is 0 Å². The van der Waals surface area contributed by atoms with E-state index < -0.39 is 10.0 Å². The first-order valence-electron chi connectivity index (χ1n) is 5.19. The normalized spacial score (nSPS) is 13.7. The summed E-state index contributed by atoms with van der Waals surface area (Å²) >= 11 is 2.49. The fourth-order valence-corrected chi connectivity index (χ4v) is 4.88. The molecule has 0 radical (unpaired) electrons. The highest BCUT2D eigenvalue weighted by molar-refractivity contribution is 7.91. The highest BCUT2D eigenvalue weighted by atomic mass is 32.2. The van der Waals surface area contributed by atoms with E-state index in [0.29, 0.717) is 5.69 Å². The third-order valence-electron chi connectivity index (χ3n) is 2.32. The Labute approximate surface area is 114 Å². The number of sulfonamides is 1. The number of aryl methyl sites for hydroxylation is 1. The molecule has 5 nitrogen and oxygen atoms in total. The van der Waals surface area contributed by atoms with E-state index in [9.17, 15) is 8.42 Å². The molecule has 0 saturated heterocycles. The van der Waals surface area contributed by atoms with Gasteiger partial charge in [-0.3, -0.25) is 0 Å². The minimum Gasteiger partial charge on any atom is -0.375 e. The van der Waals surface area contributed by atoms with Crippen molar-refractivity contribution in [3.05, 3.63) is 28.1 Å². The fourth-order valence-electron chi connectivity index (χ4n) is 1.53. The zero-order valence-corrected chi connectivity index (χ0v) is 12.3. The van der Waals surface area contributed by atoms with Gasteiger partial charge < -0.3 is 5.73 Å². The Morgan fingerprint density at radius 3 is 2.72 bits per heavy atom. The second-order valence-electron chi connectivity index (χ2n) is 3.78. The van der Waals surface area contributed by atoms with Crippen LogP contribution in [-0.2, 0) is 10.0 Å². The Morgan fingerprint density at radius 2 is 2.22 bits per heavy atom. The summed E-state index contributed by atoms with van der Waals surface area (Å²) in [6.45, 7) is 3.44. The number of nitrogens with one attached hydrogen (secondary N) is 1.